The predicted octanol–water partition coefficient (Wildman–Crippen LogP) is 1.65. The highest BCUT2D eigenvalue weighted by atomic mass is 35.5. The summed E-state index contributed by atoms with van der Waals surface area (Å²) in [4.78, 5) is 2.53. The summed E-state index contributed by atoms with van der Waals surface area (Å²) in [6, 6.07) is 0. The third-order valence-corrected chi connectivity index (χ3v) is 2.69. The molecule has 10 heavy (non-hydrogen) atoms. The summed E-state index contributed by atoms with van der Waals surface area (Å²) < 4.78 is 0. The van der Waals surface area contributed by atoms with Gasteiger partial charge in [0, 0.05) is 12.4 Å². The molecule has 0 saturated carbocycles. The zero-order valence-electron chi connectivity index (χ0n) is 4.89. The summed E-state index contributed by atoms with van der Waals surface area (Å²) in [6.45, 7) is 0. The molecule has 2 nitrogen and oxygen atoms in total. The molecular weight excluding hydrogens is 194 g/mol. The van der Waals surface area contributed by atoms with Crippen molar-refractivity contribution < 1.29 is 0 Å². The molecule has 5 heteroatoms. The lowest BCUT2D eigenvalue weighted by molar-refractivity contribution is 0.760. The van der Waals surface area contributed by atoms with Gasteiger partial charge in [0.05, 0.1) is 5.03 Å². The highest BCUT2D eigenvalue weighted by Gasteiger charge is 2.35. The molecule has 1 aliphatic heterocycles. The van der Waals surface area contributed by atoms with Crippen molar-refractivity contribution in [2.24, 2.45) is 10.7 Å². The minimum Gasteiger partial charge on any atom is -0.307 e. The van der Waals surface area contributed by atoms with Crippen molar-refractivity contribution in [2.45, 2.75) is 10.4 Å². The van der Waals surface area contributed by atoms with Gasteiger partial charge in [0.15, 0.2) is 5.00 Å². The number of alkyl halides is 2. The van der Waals surface area contributed by atoms with E-state index in [-0.39, 0.29) is 5.03 Å². The average molecular weight is 199 g/mol. The molecule has 0 radical (unpaired) electrons. The summed E-state index contributed by atoms with van der Waals surface area (Å²) in [5, 5.41) is -0.289. The van der Waals surface area contributed by atoms with Crippen LogP contribution in [0.2, 0.25) is 0 Å². The van der Waals surface area contributed by atoms with Crippen LogP contribution in [-0.2, 0) is 0 Å². The van der Waals surface area contributed by atoms with Crippen molar-refractivity contribution in [1.29, 1.82) is 0 Å². The second-order valence-electron chi connectivity index (χ2n) is 1.94. The Hall–Kier alpha value is 0.240. The molecule has 56 valence electrons. The van der Waals surface area contributed by atoms with Crippen LogP contribution in [0.1, 0.15) is 0 Å². The van der Waals surface area contributed by atoms with Crippen molar-refractivity contribution in [3.8, 4) is 0 Å². The van der Waals surface area contributed by atoms with Crippen molar-refractivity contribution in [1.82, 2.24) is 0 Å². The summed E-state index contributed by atoms with van der Waals surface area (Å²) in [5.74, 6) is 0. The molecule has 0 aromatic carbocycles. The quantitative estimate of drug-likeness (QED) is 0.468. The standard InChI is InChI=1S/C5H5Cl3N2/c6-3-1-10-2-4(7)5(3,8)9/h1-3H,9H2. The van der Waals surface area contributed by atoms with E-state index in [0.717, 1.165) is 0 Å². The smallest absolute Gasteiger partial charge is 0.150 e. The molecule has 1 rings (SSSR count). The van der Waals surface area contributed by atoms with Gasteiger partial charge in [-0.25, -0.2) is 0 Å². The van der Waals surface area contributed by atoms with Gasteiger partial charge < -0.3 is 5.73 Å². The number of nitrogens with zero attached hydrogens (tertiary/aromatic N) is 1. The molecule has 2 N–H and O–H groups in total. The Bertz CT molecular complexity index is 197. The van der Waals surface area contributed by atoms with Gasteiger partial charge in [-0.1, -0.05) is 23.2 Å². The van der Waals surface area contributed by atoms with E-state index in [1.807, 2.05) is 0 Å². The van der Waals surface area contributed by atoms with E-state index in [2.05, 4.69) is 4.99 Å². The van der Waals surface area contributed by atoms with Gasteiger partial charge in [0.1, 0.15) is 5.38 Å². The highest BCUT2D eigenvalue weighted by Crippen LogP contribution is 2.31. The molecule has 0 aromatic heterocycles. The summed E-state index contributed by atoms with van der Waals surface area (Å²) in [6.07, 6.45) is 2.83. The second-order valence-corrected chi connectivity index (χ2v) is 3.45. The Morgan fingerprint density at radius 2 is 2.30 bits per heavy atom. The van der Waals surface area contributed by atoms with E-state index in [1.165, 1.54) is 12.4 Å². The first-order valence-corrected chi connectivity index (χ1v) is 3.75. The third kappa shape index (κ3) is 1.30. The van der Waals surface area contributed by atoms with Crippen LogP contribution in [0.25, 0.3) is 0 Å². The summed E-state index contributed by atoms with van der Waals surface area (Å²) >= 11 is 17.0. The van der Waals surface area contributed by atoms with Crippen LogP contribution < -0.4 is 5.73 Å². The Morgan fingerprint density at radius 3 is 2.70 bits per heavy atom. The largest absolute Gasteiger partial charge is 0.307 e. The molecule has 0 bridgehead atoms. The van der Waals surface area contributed by atoms with Crippen LogP contribution in [0.3, 0.4) is 0 Å². The fraction of sp³-hybridized carbons (Fsp3) is 0.400. The van der Waals surface area contributed by atoms with Gasteiger partial charge >= 0.3 is 0 Å². The van der Waals surface area contributed by atoms with Crippen LogP contribution in [0.5, 0.6) is 0 Å². The van der Waals surface area contributed by atoms with Gasteiger partial charge in [-0.15, -0.1) is 11.6 Å². The zero-order chi connectivity index (χ0) is 7.78. The molecule has 2 atom stereocenters. The van der Waals surface area contributed by atoms with Gasteiger partial charge in [0.25, 0.3) is 0 Å². The maximum absolute atomic E-state index is 5.73. The van der Waals surface area contributed by atoms with Crippen LogP contribution in [0.4, 0.5) is 0 Å². The molecular formula is C5H5Cl3N2. The lowest BCUT2D eigenvalue weighted by Gasteiger charge is -2.25. The first-order chi connectivity index (χ1) is 4.55. The lowest BCUT2D eigenvalue weighted by atomic mass is 10.2. The van der Waals surface area contributed by atoms with E-state index in [0.29, 0.717) is 0 Å². The molecule has 0 saturated heterocycles. The van der Waals surface area contributed by atoms with Crippen LogP contribution >= 0.6 is 34.8 Å². The Kier molecular flexibility index (Phi) is 2.25. The molecule has 0 amide bonds. The van der Waals surface area contributed by atoms with Crippen molar-refractivity contribution >= 4 is 41.0 Å². The van der Waals surface area contributed by atoms with Gasteiger partial charge in [0.2, 0.25) is 0 Å². The van der Waals surface area contributed by atoms with Gasteiger partial charge in [-0.3, -0.25) is 4.99 Å². The average Bonchev–Trinajstić information content (AvgIpc) is 1.84. The minimum atomic E-state index is -1.19. The number of nitrogens with two attached hydrogens (primary N) is 1. The first-order valence-electron chi connectivity index (χ1n) is 2.56. The third-order valence-electron chi connectivity index (χ3n) is 1.17. The SMILES string of the molecule is NC1(Cl)C(Cl)=CN=CC1Cl. The maximum Gasteiger partial charge on any atom is 0.150 e. The fourth-order valence-corrected chi connectivity index (χ4v) is 1.04. The van der Waals surface area contributed by atoms with Gasteiger partial charge in [-0.05, 0) is 0 Å². The molecule has 0 aromatic rings. The number of hydrogen-bond acceptors (Lipinski definition) is 2. The molecule has 0 fully saturated rings. The van der Waals surface area contributed by atoms with E-state index in [1.54, 1.807) is 0 Å². The fourth-order valence-electron chi connectivity index (χ4n) is 0.523. The number of rotatable bonds is 0. The highest BCUT2D eigenvalue weighted by molar-refractivity contribution is 6.45. The van der Waals surface area contributed by atoms with Crippen molar-refractivity contribution in [3.63, 3.8) is 0 Å². The normalized spacial score (nSPS) is 39.6. The molecule has 0 spiro atoms. The predicted molar refractivity (Wildman–Crippen MR) is 44.8 cm³/mol. The number of halogens is 3. The molecule has 2 unspecified atom stereocenters. The molecule has 1 heterocycles. The monoisotopic (exact) mass is 198 g/mol. The van der Waals surface area contributed by atoms with Crippen LogP contribution in [-0.4, -0.2) is 16.6 Å². The number of hydrogen-bond donors (Lipinski definition) is 1. The Balaban J connectivity index is 2.93. The van der Waals surface area contributed by atoms with E-state index in [4.69, 9.17) is 40.5 Å². The van der Waals surface area contributed by atoms with Crippen molar-refractivity contribution in [3.05, 3.63) is 11.2 Å². The van der Waals surface area contributed by atoms with E-state index >= 15 is 0 Å². The van der Waals surface area contributed by atoms with E-state index in [9.17, 15) is 0 Å². The maximum atomic E-state index is 5.73. The van der Waals surface area contributed by atoms with Crippen molar-refractivity contribution in [2.75, 3.05) is 0 Å². The first kappa shape index (κ1) is 8.34. The Labute approximate surface area is 73.6 Å². The van der Waals surface area contributed by atoms with Crippen LogP contribution in [0, 0.1) is 0 Å². The zero-order valence-corrected chi connectivity index (χ0v) is 7.16. The molecule has 0 aliphatic carbocycles. The summed E-state index contributed by atoms with van der Waals surface area (Å²) in [5.41, 5.74) is 5.51. The Morgan fingerprint density at radius 1 is 1.70 bits per heavy atom. The molecule has 1 aliphatic rings. The topological polar surface area (TPSA) is 38.4 Å². The van der Waals surface area contributed by atoms with E-state index < -0.39 is 10.4 Å². The minimum absolute atomic E-state index is 0.261. The lowest BCUT2D eigenvalue weighted by Crippen LogP contribution is -2.45. The van der Waals surface area contributed by atoms with Crippen LogP contribution in [0.15, 0.2) is 16.2 Å². The second kappa shape index (κ2) is 2.70. The number of aliphatic imine (C=N–C) groups is 1. The van der Waals surface area contributed by atoms with Gasteiger partial charge in [-0.2, -0.15) is 0 Å². The summed E-state index contributed by atoms with van der Waals surface area (Å²) in [7, 11) is 0.